The first kappa shape index (κ1) is 12.9. The van der Waals surface area contributed by atoms with Gasteiger partial charge in [0.2, 0.25) is 0 Å². The third-order valence-electron chi connectivity index (χ3n) is 3.87. The Morgan fingerprint density at radius 3 is 2.70 bits per heavy atom. The van der Waals surface area contributed by atoms with Crippen LogP contribution in [-0.2, 0) is 0 Å². The number of benzene rings is 2. The molecule has 0 unspecified atom stereocenters. The molecule has 0 aromatic heterocycles. The minimum absolute atomic E-state index is 0.230. The Balaban J connectivity index is 2.03. The predicted molar refractivity (Wildman–Crippen MR) is 79.5 cm³/mol. The molecule has 0 saturated carbocycles. The van der Waals surface area contributed by atoms with E-state index in [-0.39, 0.29) is 5.78 Å². The lowest BCUT2D eigenvalue weighted by Gasteiger charge is -2.25. The fraction of sp³-hybridized carbons (Fsp3) is 0.278. The first-order chi connectivity index (χ1) is 9.79. The minimum Gasteiger partial charge on any atom is -0.494 e. The van der Waals surface area contributed by atoms with Gasteiger partial charge in [-0.25, -0.2) is 0 Å². The topological polar surface area (TPSA) is 26.3 Å². The third kappa shape index (κ3) is 2.34. The van der Waals surface area contributed by atoms with Gasteiger partial charge in [0.1, 0.15) is 5.75 Å². The van der Waals surface area contributed by atoms with Crippen molar-refractivity contribution in [3.05, 3.63) is 65.2 Å². The normalized spacial score (nSPS) is 17.6. The zero-order valence-electron chi connectivity index (χ0n) is 11.6. The van der Waals surface area contributed by atoms with Crippen molar-refractivity contribution in [2.45, 2.75) is 25.7 Å². The molecule has 0 amide bonds. The number of ether oxygens (including phenoxy) is 1. The van der Waals surface area contributed by atoms with Crippen LogP contribution in [0.1, 0.15) is 47.2 Å². The van der Waals surface area contributed by atoms with E-state index in [9.17, 15) is 4.79 Å². The highest BCUT2D eigenvalue weighted by molar-refractivity contribution is 5.99. The van der Waals surface area contributed by atoms with Crippen molar-refractivity contribution in [2.24, 2.45) is 0 Å². The molecule has 2 aromatic carbocycles. The summed E-state index contributed by atoms with van der Waals surface area (Å²) in [6.45, 7) is 2.57. The van der Waals surface area contributed by atoms with Crippen molar-refractivity contribution in [3.8, 4) is 5.75 Å². The Hall–Kier alpha value is -2.09. The number of ketones is 1. The van der Waals surface area contributed by atoms with Crippen molar-refractivity contribution in [2.75, 3.05) is 6.61 Å². The second kappa shape index (κ2) is 5.49. The van der Waals surface area contributed by atoms with Crippen molar-refractivity contribution in [1.29, 1.82) is 0 Å². The molecule has 102 valence electrons. The van der Waals surface area contributed by atoms with Gasteiger partial charge in [0, 0.05) is 17.9 Å². The maximum atomic E-state index is 12.2. The highest BCUT2D eigenvalue weighted by Gasteiger charge is 2.26. The summed E-state index contributed by atoms with van der Waals surface area (Å²) in [4.78, 5) is 12.2. The number of Topliss-reactive ketones (excluding diaryl/α,β-unsaturated/α-hetero) is 1. The van der Waals surface area contributed by atoms with Crippen LogP contribution in [0.2, 0.25) is 0 Å². The highest BCUT2D eigenvalue weighted by Crippen LogP contribution is 2.37. The number of hydrogen-bond acceptors (Lipinski definition) is 2. The summed E-state index contributed by atoms with van der Waals surface area (Å²) >= 11 is 0. The van der Waals surface area contributed by atoms with Gasteiger partial charge in [0.15, 0.2) is 5.78 Å². The van der Waals surface area contributed by atoms with Gasteiger partial charge in [-0.15, -0.1) is 0 Å². The minimum atomic E-state index is 0.230. The Kier molecular flexibility index (Phi) is 3.55. The molecule has 1 aliphatic rings. The van der Waals surface area contributed by atoms with E-state index in [1.807, 2.05) is 25.1 Å². The van der Waals surface area contributed by atoms with Crippen molar-refractivity contribution < 1.29 is 9.53 Å². The molecule has 0 aliphatic heterocycles. The first-order valence-electron chi connectivity index (χ1n) is 7.14. The summed E-state index contributed by atoms with van der Waals surface area (Å²) in [6, 6.07) is 16.3. The Labute approximate surface area is 119 Å². The maximum Gasteiger partial charge on any atom is 0.163 e. The fourth-order valence-electron chi connectivity index (χ4n) is 2.93. The summed E-state index contributed by atoms with van der Waals surface area (Å²) in [6.07, 6.45) is 1.51. The first-order valence-corrected chi connectivity index (χ1v) is 7.14. The highest BCUT2D eigenvalue weighted by atomic mass is 16.5. The molecular formula is C18H18O2. The zero-order valence-corrected chi connectivity index (χ0v) is 11.6. The van der Waals surface area contributed by atoms with Gasteiger partial charge < -0.3 is 4.74 Å². The van der Waals surface area contributed by atoms with E-state index in [0.717, 1.165) is 23.3 Å². The van der Waals surface area contributed by atoms with Gasteiger partial charge in [0.05, 0.1) is 6.61 Å². The molecule has 2 aromatic rings. The summed E-state index contributed by atoms with van der Waals surface area (Å²) in [5, 5.41) is 0. The van der Waals surface area contributed by atoms with E-state index in [4.69, 9.17) is 4.74 Å². The van der Waals surface area contributed by atoms with E-state index < -0.39 is 0 Å². The quantitative estimate of drug-likeness (QED) is 0.832. The molecule has 0 fully saturated rings. The van der Waals surface area contributed by atoms with Gasteiger partial charge >= 0.3 is 0 Å². The van der Waals surface area contributed by atoms with Crippen LogP contribution in [-0.4, -0.2) is 12.4 Å². The smallest absolute Gasteiger partial charge is 0.163 e. The molecule has 20 heavy (non-hydrogen) atoms. The van der Waals surface area contributed by atoms with E-state index in [2.05, 4.69) is 30.3 Å². The molecule has 3 rings (SSSR count). The number of fused-ring (bicyclic) bond motifs is 1. The summed E-state index contributed by atoms with van der Waals surface area (Å²) in [7, 11) is 0. The third-order valence-corrected chi connectivity index (χ3v) is 3.87. The lowest BCUT2D eigenvalue weighted by atomic mass is 9.78. The summed E-state index contributed by atoms with van der Waals surface area (Å²) in [5.74, 6) is 1.33. The molecule has 1 atom stereocenters. The van der Waals surface area contributed by atoms with Crippen LogP contribution >= 0.6 is 0 Å². The van der Waals surface area contributed by atoms with Crippen LogP contribution in [0.25, 0.3) is 0 Å². The number of carbonyl (C=O) groups is 1. The molecule has 0 heterocycles. The second-order valence-corrected chi connectivity index (χ2v) is 5.11. The van der Waals surface area contributed by atoms with Crippen molar-refractivity contribution >= 4 is 5.78 Å². The number of rotatable bonds is 3. The Morgan fingerprint density at radius 2 is 1.95 bits per heavy atom. The molecule has 2 nitrogen and oxygen atoms in total. The van der Waals surface area contributed by atoms with Crippen LogP contribution in [0, 0.1) is 0 Å². The van der Waals surface area contributed by atoms with Crippen LogP contribution in [0.4, 0.5) is 0 Å². The lowest BCUT2D eigenvalue weighted by molar-refractivity contribution is 0.0969. The van der Waals surface area contributed by atoms with Gasteiger partial charge in [-0.2, -0.15) is 0 Å². The van der Waals surface area contributed by atoms with Crippen molar-refractivity contribution in [1.82, 2.24) is 0 Å². The second-order valence-electron chi connectivity index (χ2n) is 5.11. The monoisotopic (exact) mass is 266 g/mol. The molecule has 0 N–H and O–H groups in total. The van der Waals surface area contributed by atoms with Gasteiger partial charge in [-0.1, -0.05) is 36.4 Å². The molecule has 1 aliphatic carbocycles. The van der Waals surface area contributed by atoms with E-state index in [0.29, 0.717) is 18.9 Å². The number of hydrogen-bond donors (Lipinski definition) is 0. The standard InChI is InChI=1S/C18H18O2/c1-2-20-14-8-9-16-15(13-6-4-3-5-7-13)10-11-18(19)17(16)12-14/h3-9,12,15H,2,10-11H2,1H3/t15-/m0/s1. The van der Waals surface area contributed by atoms with Crippen LogP contribution < -0.4 is 4.74 Å². The maximum absolute atomic E-state index is 12.2. The summed E-state index contributed by atoms with van der Waals surface area (Å²) in [5.41, 5.74) is 3.25. The zero-order chi connectivity index (χ0) is 13.9. The van der Waals surface area contributed by atoms with E-state index >= 15 is 0 Å². The molecule has 0 saturated heterocycles. The molecule has 0 bridgehead atoms. The predicted octanol–water partition coefficient (Wildman–Crippen LogP) is 4.19. The van der Waals surface area contributed by atoms with Crippen LogP contribution in [0.15, 0.2) is 48.5 Å². The van der Waals surface area contributed by atoms with Gasteiger partial charge in [0.25, 0.3) is 0 Å². The molecule has 0 radical (unpaired) electrons. The van der Waals surface area contributed by atoms with E-state index in [1.54, 1.807) is 0 Å². The molecule has 0 spiro atoms. The average molecular weight is 266 g/mol. The van der Waals surface area contributed by atoms with Crippen LogP contribution in [0.3, 0.4) is 0 Å². The average Bonchev–Trinajstić information content (AvgIpc) is 2.49. The molecular weight excluding hydrogens is 248 g/mol. The Bertz CT molecular complexity index is 617. The SMILES string of the molecule is CCOc1ccc2c(c1)C(=O)CC[C@H]2c1ccccc1. The van der Waals surface area contributed by atoms with Crippen LogP contribution in [0.5, 0.6) is 5.75 Å². The Morgan fingerprint density at radius 1 is 1.15 bits per heavy atom. The summed E-state index contributed by atoms with van der Waals surface area (Å²) < 4.78 is 5.51. The number of carbonyl (C=O) groups excluding carboxylic acids is 1. The molecule has 2 heteroatoms. The fourth-order valence-corrected chi connectivity index (χ4v) is 2.93. The van der Waals surface area contributed by atoms with Gasteiger partial charge in [-0.05, 0) is 36.6 Å². The van der Waals surface area contributed by atoms with Gasteiger partial charge in [-0.3, -0.25) is 4.79 Å². The van der Waals surface area contributed by atoms with Crippen molar-refractivity contribution in [3.63, 3.8) is 0 Å². The largest absolute Gasteiger partial charge is 0.494 e. The lowest BCUT2D eigenvalue weighted by Crippen LogP contribution is -2.16. The van der Waals surface area contributed by atoms with E-state index in [1.165, 1.54) is 5.56 Å².